The lowest BCUT2D eigenvalue weighted by atomic mass is 9.79. The van der Waals surface area contributed by atoms with Crippen LogP contribution in [0, 0.1) is 0 Å². The third kappa shape index (κ3) is 2.04. The van der Waals surface area contributed by atoms with E-state index in [1.165, 1.54) is 5.47 Å². The topological polar surface area (TPSA) is 18.5 Å². The zero-order chi connectivity index (χ0) is 11.0. The summed E-state index contributed by atoms with van der Waals surface area (Å²) in [7, 11) is -0.167. The Morgan fingerprint density at radius 1 is 1.14 bits per heavy atom. The van der Waals surface area contributed by atoms with E-state index >= 15 is 0 Å². The van der Waals surface area contributed by atoms with Gasteiger partial charge in [-0.25, -0.2) is 0 Å². The molecule has 0 atom stereocenters. The maximum absolute atomic E-state index is 5.89. The molecule has 0 N–H and O–H groups in total. The van der Waals surface area contributed by atoms with Gasteiger partial charge in [0, 0.05) is 0 Å². The Balaban J connectivity index is 2.78. The smallest absolute Gasteiger partial charge is 0.400 e. The second kappa shape index (κ2) is 3.71. The van der Waals surface area contributed by atoms with Crippen molar-refractivity contribution in [2.45, 2.75) is 59.2 Å². The maximum Gasteiger partial charge on any atom is 0.489 e. The lowest BCUT2D eigenvalue weighted by Crippen LogP contribution is -2.41. The highest BCUT2D eigenvalue weighted by Crippen LogP contribution is 2.38. The molecule has 14 heavy (non-hydrogen) atoms. The van der Waals surface area contributed by atoms with Crippen LogP contribution in [0.5, 0.6) is 0 Å². The molecule has 0 aromatic rings. The molecule has 0 unspecified atom stereocenters. The van der Waals surface area contributed by atoms with E-state index < -0.39 is 0 Å². The van der Waals surface area contributed by atoms with Crippen molar-refractivity contribution in [1.82, 2.24) is 0 Å². The molecule has 1 heterocycles. The van der Waals surface area contributed by atoms with Crippen LogP contribution in [0.15, 0.2) is 11.5 Å². The molecule has 1 rings (SSSR count). The molecule has 0 aliphatic carbocycles. The molecule has 0 bridgehead atoms. The molecule has 1 saturated heterocycles. The maximum atomic E-state index is 5.89. The average molecular weight is 196 g/mol. The van der Waals surface area contributed by atoms with Crippen molar-refractivity contribution in [2.75, 3.05) is 0 Å². The fraction of sp³-hybridized carbons (Fsp3) is 0.818. The van der Waals surface area contributed by atoms with Gasteiger partial charge < -0.3 is 9.31 Å². The molecule has 0 amide bonds. The predicted octanol–water partition coefficient (Wildman–Crippen LogP) is 2.97. The van der Waals surface area contributed by atoms with Crippen LogP contribution in [0.3, 0.4) is 0 Å². The minimum absolute atomic E-state index is 0.167. The SMILES string of the molecule is CCC=C(C)B1OC(C)(C)C(C)(C)O1. The first-order chi connectivity index (χ1) is 6.30. The van der Waals surface area contributed by atoms with Crippen molar-refractivity contribution in [3.63, 3.8) is 0 Å². The number of rotatable bonds is 2. The quantitative estimate of drug-likeness (QED) is 0.632. The zero-order valence-electron chi connectivity index (χ0n) is 10.2. The van der Waals surface area contributed by atoms with Crippen molar-refractivity contribution in [3.05, 3.63) is 11.5 Å². The van der Waals surface area contributed by atoms with Gasteiger partial charge in [0.2, 0.25) is 0 Å². The van der Waals surface area contributed by atoms with E-state index in [0.29, 0.717) is 0 Å². The minimum atomic E-state index is -0.222. The molecule has 0 radical (unpaired) electrons. The van der Waals surface area contributed by atoms with E-state index in [-0.39, 0.29) is 18.3 Å². The van der Waals surface area contributed by atoms with Crippen LogP contribution in [-0.4, -0.2) is 18.3 Å². The Morgan fingerprint density at radius 2 is 1.57 bits per heavy atom. The molecular formula is C11H21BO2. The Morgan fingerprint density at radius 3 is 1.93 bits per heavy atom. The molecule has 0 spiro atoms. The fourth-order valence-corrected chi connectivity index (χ4v) is 1.45. The Hall–Kier alpha value is -0.275. The van der Waals surface area contributed by atoms with E-state index in [2.05, 4.69) is 47.6 Å². The number of allylic oxidation sites excluding steroid dienone is 2. The van der Waals surface area contributed by atoms with E-state index in [0.717, 1.165) is 6.42 Å². The van der Waals surface area contributed by atoms with Gasteiger partial charge in [-0.1, -0.05) is 13.0 Å². The Kier molecular flexibility index (Phi) is 3.12. The van der Waals surface area contributed by atoms with Crippen molar-refractivity contribution >= 4 is 7.12 Å². The molecule has 3 heteroatoms. The summed E-state index contributed by atoms with van der Waals surface area (Å²) < 4.78 is 11.8. The van der Waals surface area contributed by atoms with Gasteiger partial charge in [0.25, 0.3) is 0 Å². The molecule has 0 aromatic carbocycles. The van der Waals surface area contributed by atoms with E-state index in [9.17, 15) is 0 Å². The van der Waals surface area contributed by atoms with Gasteiger partial charge in [0.1, 0.15) is 0 Å². The summed E-state index contributed by atoms with van der Waals surface area (Å²) in [5.41, 5.74) is 0.729. The average Bonchev–Trinajstić information content (AvgIpc) is 2.22. The first kappa shape index (κ1) is 11.8. The molecule has 1 aliphatic rings. The van der Waals surface area contributed by atoms with Crippen LogP contribution in [0.25, 0.3) is 0 Å². The van der Waals surface area contributed by atoms with Gasteiger partial charge in [0.15, 0.2) is 0 Å². The number of hydrogen-bond acceptors (Lipinski definition) is 2. The van der Waals surface area contributed by atoms with Gasteiger partial charge in [-0.3, -0.25) is 0 Å². The minimum Gasteiger partial charge on any atom is -0.400 e. The van der Waals surface area contributed by atoms with E-state index in [4.69, 9.17) is 9.31 Å². The summed E-state index contributed by atoms with van der Waals surface area (Å²) in [5.74, 6) is 0. The highest BCUT2D eigenvalue weighted by molar-refractivity contribution is 6.54. The van der Waals surface area contributed by atoms with Crippen LogP contribution in [-0.2, 0) is 9.31 Å². The fourth-order valence-electron chi connectivity index (χ4n) is 1.45. The summed E-state index contributed by atoms with van der Waals surface area (Å²) >= 11 is 0. The highest BCUT2D eigenvalue weighted by atomic mass is 16.7. The van der Waals surface area contributed by atoms with Gasteiger partial charge in [-0.05, 0) is 46.5 Å². The first-order valence-electron chi connectivity index (χ1n) is 5.32. The summed E-state index contributed by atoms with van der Waals surface area (Å²) in [5, 5.41) is 0. The first-order valence-corrected chi connectivity index (χ1v) is 5.32. The standard InChI is InChI=1S/C11H21BO2/c1-7-8-9(2)12-13-10(3,4)11(5,6)14-12/h8H,7H2,1-6H3. The third-order valence-corrected chi connectivity index (χ3v) is 3.15. The Bertz CT molecular complexity index is 228. The summed E-state index contributed by atoms with van der Waals surface area (Å²) in [6.07, 6.45) is 3.18. The van der Waals surface area contributed by atoms with E-state index in [1.54, 1.807) is 0 Å². The Labute approximate surface area is 87.8 Å². The molecule has 80 valence electrons. The normalized spacial score (nSPS) is 25.6. The second-order valence-electron chi connectivity index (χ2n) is 4.94. The van der Waals surface area contributed by atoms with Gasteiger partial charge in [-0.15, -0.1) is 0 Å². The molecule has 1 fully saturated rings. The molecule has 0 aromatic heterocycles. The lowest BCUT2D eigenvalue weighted by molar-refractivity contribution is 0.00578. The predicted molar refractivity (Wildman–Crippen MR) is 60.1 cm³/mol. The largest absolute Gasteiger partial charge is 0.489 e. The number of hydrogen-bond donors (Lipinski definition) is 0. The molecule has 1 aliphatic heterocycles. The summed E-state index contributed by atoms with van der Waals surface area (Å²) in [4.78, 5) is 0. The third-order valence-electron chi connectivity index (χ3n) is 3.15. The van der Waals surface area contributed by atoms with Crippen molar-refractivity contribution in [1.29, 1.82) is 0 Å². The summed E-state index contributed by atoms with van der Waals surface area (Å²) in [6, 6.07) is 0. The van der Waals surface area contributed by atoms with Crippen LogP contribution >= 0.6 is 0 Å². The monoisotopic (exact) mass is 196 g/mol. The van der Waals surface area contributed by atoms with Crippen LogP contribution in [0.4, 0.5) is 0 Å². The van der Waals surface area contributed by atoms with Crippen LogP contribution in [0.1, 0.15) is 48.0 Å². The van der Waals surface area contributed by atoms with Crippen LogP contribution < -0.4 is 0 Å². The van der Waals surface area contributed by atoms with E-state index in [1.807, 2.05) is 0 Å². The van der Waals surface area contributed by atoms with Gasteiger partial charge in [0.05, 0.1) is 11.2 Å². The molecule has 0 saturated carbocycles. The highest BCUT2D eigenvalue weighted by Gasteiger charge is 2.51. The van der Waals surface area contributed by atoms with Crippen LogP contribution in [0.2, 0.25) is 0 Å². The van der Waals surface area contributed by atoms with Crippen molar-refractivity contribution < 1.29 is 9.31 Å². The van der Waals surface area contributed by atoms with Crippen molar-refractivity contribution in [2.24, 2.45) is 0 Å². The molecular weight excluding hydrogens is 175 g/mol. The second-order valence-corrected chi connectivity index (χ2v) is 4.94. The van der Waals surface area contributed by atoms with Crippen molar-refractivity contribution in [3.8, 4) is 0 Å². The van der Waals surface area contributed by atoms with Gasteiger partial charge in [-0.2, -0.15) is 0 Å². The molecule has 2 nitrogen and oxygen atoms in total. The summed E-state index contributed by atoms with van der Waals surface area (Å²) in [6.45, 7) is 12.5. The zero-order valence-corrected chi connectivity index (χ0v) is 10.2. The van der Waals surface area contributed by atoms with Gasteiger partial charge >= 0.3 is 7.12 Å². The lowest BCUT2D eigenvalue weighted by Gasteiger charge is -2.32.